The number of methoxy groups -OCH3 is 1. The number of furan rings is 1. The second-order valence-electron chi connectivity index (χ2n) is 7.01. The Morgan fingerprint density at radius 3 is 2.33 bits per heavy atom. The summed E-state index contributed by atoms with van der Waals surface area (Å²) in [5.41, 5.74) is 2.57. The maximum Gasteiger partial charge on any atom is 0.291 e. The van der Waals surface area contributed by atoms with Crippen LogP contribution in [0.1, 0.15) is 16.1 Å². The minimum atomic E-state index is -0.347. The van der Waals surface area contributed by atoms with Crippen LogP contribution in [0.25, 0.3) is 17.0 Å². The second kappa shape index (κ2) is 10.1. The molecule has 2 amide bonds. The third-order valence-electron chi connectivity index (χ3n) is 4.72. The summed E-state index contributed by atoms with van der Waals surface area (Å²) >= 11 is 6.87. The van der Waals surface area contributed by atoms with Gasteiger partial charge in [-0.05, 0) is 70.5 Å². The van der Waals surface area contributed by atoms with E-state index in [1.54, 1.807) is 43.5 Å². The number of benzene rings is 3. The third-order valence-corrected chi connectivity index (χ3v) is 5.76. The van der Waals surface area contributed by atoms with E-state index >= 15 is 0 Å². The lowest BCUT2D eigenvalue weighted by Crippen LogP contribution is -2.11. The van der Waals surface area contributed by atoms with Crippen LogP contribution < -0.4 is 15.4 Å². The van der Waals surface area contributed by atoms with Crippen LogP contribution in [0.4, 0.5) is 11.4 Å². The van der Waals surface area contributed by atoms with Gasteiger partial charge >= 0.3 is 0 Å². The zero-order chi connectivity index (χ0) is 23.4. The fourth-order valence-corrected chi connectivity index (χ4v) is 4.61. The molecule has 8 heteroatoms. The number of anilines is 2. The first kappa shape index (κ1) is 22.8. The fraction of sp³-hybridized carbons (Fsp3) is 0.0400. The zero-order valence-electron chi connectivity index (χ0n) is 17.4. The Kier molecular flexibility index (Phi) is 6.96. The van der Waals surface area contributed by atoms with Gasteiger partial charge in [0, 0.05) is 32.9 Å². The number of hydrogen-bond donors (Lipinski definition) is 2. The Hall–Kier alpha value is -3.36. The van der Waals surface area contributed by atoms with Crippen LogP contribution in [0.15, 0.2) is 86.2 Å². The van der Waals surface area contributed by atoms with Crippen molar-refractivity contribution in [1.29, 1.82) is 0 Å². The summed E-state index contributed by atoms with van der Waals surface area (Å²) < 4.78 is 12.6. The monoisotopic (exact) mass is 568 g/mol. The van der Waals surface area contributed by atoms with E-state index in [1.165, 1.54) is 6.08 Å². The molecule has 0 fully saturated rings. The van der Waals surface area contributed by atoms with Gasteiger partial charge in [0.2, 0.25) is 5.91 Å². The van der Waals surface area contributed by atoms with Crippen molar-refractivity contribution >= 4 is 72.1 Å². The number of nitrogens with one attached hydrogen (secondary N) is 2. The number of amides is 2. The maximum absolute atomic E-state index is 12.5. The Balaban J connectivity index is 1.39. The molecule has 1 aromatic heterocycles. The summed E-state index contributed by atoms with van der Waals surface area (Å²) in [4.78, 5) is 24.8. The number of fused-ring (bicyclic) bond motifs is 1. The van der Waals surface area contributed by atoms with Crippen LogP contribution in [0.3, 0.4) is 0 Å². The molecule has 2 N–H and O–H groups in total. The van der Waals surface area contributed by atoms with Gasteiger partial charge in [-0.15, -0.1) is 0 Å². The van der Waals surface area contributed by atoms with Crippen molar-refractivity contribution in [3.63, 3.8) is 0 Å². The lowest BCUT2D eigenvalue weighted by molar-refractivity contribution is -0.111. The van der Waals surface area contributed by atoms with Gasteiger partial charge in [0.15, 0.2) is 5.76 Å². The number of carbonyl (C=O) groups excluding carboxylic acids is 2. The van der Waals surface area contributed by atoms with Crippen LogP contribution in [0.5, 0.6) is 5.75 Å². The summed E-state index contributed by atoms with van der Waals surface area (Å²) in [7, 11) is 1.57. The van der Waals surface area contributed by atoms with E-state index < -0.39 is 0 Å². The Bertz CT molecular complexity index is 1330. The quantitative estimate of drug-likeness (QED) is 0.248. The van der Waals surface area contributed by atoms with E-state index in [9.17, 15) is 9.59 Å². The zero-order valence-corrected chi connectivity index (χ0v) is 20.6. The fourth-order valence-electron chi connectivity index (χ4n) is 3.19. The largest absolute Gasteiger partial charge is 0.495 e. The molecule has 0 aliphatic carbocycles. The summed E-state index contributed by atoms with van der Waals surface area (Å²) in [5.74, 6) is 0.215. The Labute approximate surface area is 206 Å². The average molecular weight is 570 g/mol. The van der Waals surface area contributed by atoms with Crippen molar-refractivity contribution in [2.45, 2.75) is 0 Å². The summed E-state index contributed by atoms with van der Waals surface area (Å²) in [6.45, 7) is 0. The Morgan fingerprint density at radius 2 is 1.64 bits per heavy atom. The van der Waals surface area contributed by atoms with Crippen molar-refractivity contribution in [2.24, 2.45) is 0 Å². The molecule has 0 spiro atoms. The first-order valence-electron chi connectivity index (χ1n) is 9.85. The van der Waals surface area contributed by atoms with Crippen LogP contribution in [-0.4, -0.2) is 18.9 Å². The van der Waals surface area contributed by atoms with Crippen LogP contribution >= 0.6 is 31.9 Å². The maximum atomic E-state index is 12.5. The van der Waals surface area contributed by atoms with Crippen LogP contribution in [-0.2, 0) is 4.79 Å². The summed E-state index contributed by atoms with van der Waals surface area (Å²) in [5, 5.41) is 6.44. The molecule has 4 aromatic rings. The molecule has 0 saturated heterocycles. The second-order valence-corrected chi connectivity index (χ2v) is 8.78. The highest BCUT2D eigenvalue weighted by molar-refractivity contribution is 9.11. The predicted molar refractivity (Wildman–Crippen MR) is 137 cm³/mol. The van der Waals surface area contributed by atoms with Gasteiger partial charge in [-0.1, -0.05) is 34.1 Å². The van der Waals surface area contributed by atoms with Crippen molar-refractivity contribution in [3.05, 3.63) is 93.1 Å². The lowest BCUT2D eigenvalue weighted by Gasteiger charge is -2.08. The van der Waals surface area contributed by atoms with Gasteiger partial charge in [-0.2, -0.15) is 0 Å². The standard InChI is InChI=1S/C25H18Br2N2O4/c1-32-24-16(12-17(26)14-20(24)27)6-11-23(30)28-18-7-9-19(10-8-18)29-25(31)22-13-15-4-2-3-5-21(15)33-22/h2-14H,1H3,(H,28,30)(H,29,31)/b11-6+. The summed E-state index contributed by atoms with van der Waals surface area (Å²) in [6.07, 6.45) is 3.10. The molecule has 1 heterocycles. The SMILES string of the molecule is COc1c(Br)cc(Br)cc1/C=C/C(=O)Nc1ccc(NC(=O)c2cc3ccccc3o2)cc1. The topological polar surface area (TPSA) is 80.6 Å². The predicted octanol–water partition coefficient (Wildman–Crippen LogP) is 6.87. The van der Waals surface area contributed by atoms with Crippen LogP contribution in [0, 0.1) is 0 Å². The minimum absolute atomic E-state index is 0.230. The molecule has 33 heavy (non-hydrogen) atoms. The Morgan fingerprint density at radius 1 is 0.939 bits per heavy atom. The first-order chi connectivity index (χ1) is 15.9. The molecule has 0 aliphatic rings. The van der Waals surface area contributed by atoms with Gasteiger partial charge in [-0.25, -0.2) is 0 Å². The van der Waals surface area contributed by atoms with Crippen molar-refractivity contribution in [2.75, 3.05) is 17.7 Å². The lowest BCUT2D eigenvalue weighted by atomic mass is 10.2. The molecule has 0 aliphatic heterocycles. The van der Waals surface area contributed by atoms with Crippen molar-refractivity contribution < 1.29 is 18.7 Å². The number of rotatable bonds is 6. The van der Waals surface area contributed by atoms with Crippen molar-refractivity contribution in [1.82, 2.24) is 0 Å². The van der Waals surface area contributed by atoms with Crippen molar-refractivity contribution in [3.8, 4) is 5.75 Å². The van der Waals surface area contributed by atoms with E-state index in [0.29, 0.717) is 22.7 Å². The van der Waals surface area contributed by atoms with Crippen LogP contribution in [0.2, 0.25) is 0 Å². The smallest absolute Gasteiger partial charge is 0.291 e. The highest BCUT2D eigenvalue weighted by atomic mass is 79.9. The van der Waals surface area contributed by atoms with Gasteiger partial charge < -0.3 is 19.8 Å². The van der Waals surface area contributed by atoms with Gasteiger partial charge in [0.25, 0.3) is 5.91 Å². The number of carbonyl (C=O) groups is 2. The van der Waals surface area contributed by atoms with E-state index in [0.717, 1.165) is 19.9 Å². The molecular weight excluding hydrogens is 552 g/mol. The average Bonchev–Trinajstić information content (AvgIpc) is 3.23. The van der Waals surface area contributed by atoms with Gasteiger partial charge in [0.05, 0.1) is 11.6 Å². The number of ether oxygens (including phenoxy) is 1. The molecule has 3 aromatic carbocycles. The first-order valence-corrected chi connectivity index (χ1v) is 11.4. The summed E-state index contributed by atoms with van der Waals surface area (Å²) in [6, 6.07) is 19.7. The number of hydrogen-bond acceptors (Lipinski definition) is 4. The van der Waals surface area contributed by atoms with Gasteiger partial charge in [-0.3, -0.25) is 9.59 Å². The molecule has 0 radical (unpaired) electrons. The normalized spacial score (nSPS) is 11.0. The molecule has 0 unspecified atom stereocenters. The van der Waals surface area contributed by atoms with E-state index in [1.807, 2.05) is 36.4 Å². The van der Waals surface area contributed by atoms with E-state index in [4.69, 9.17) is 9.15 Å². The molecule has 6 nitrogen and oxygen atoms in total. The third kappa shape index (κ3) is 5.53. The van der Waals surface area contributed by atoms with E-state index in [-0.39, 0.29) is 17.6 Å². The molecule has 4 rings (SSSR count). The highest BCUT2D eigenvalue weighted by Crippen LogP contribution is 2.33. The molecule has 0 bridgehead atoms. The molecule has 0 saturated carbocycles. The number of para-hydroxylation sites is 1. The number of halogens is 2. The minimum Gasteiger partial charge on any atom is -0.495 e. The van der Waals surface area contributed by atoms with E-state index in [2.05, 4.69) is 42.5 Å². The molecule has 166 valence electrons. The molecule has 0 atom stereocenters. The molecular formula is C25H18Br2N2O4. The highest BCUT2D eigenvalue weighted by Gasteiger charge is 2.12. The van der Waals surface area contributed by atoms with Gasteiger partial charge in [0.1, 0.15) is 11.3 Å².